The summed E-state index contributed by atoms with van der Waals surface area (Å²) in [4.78, 5) is 49.8. The number of ether oxygens (including phenoxy) is 1. The third-order valence-corrected chi connectivity index (χ3v) is 7.33. The number of carbonyl (C=O) groups is 4. The topological polar surface area (TPSA) is 140 Å². The lowest BCUT2D eigenvalue weighted by molar-refractivity contribution is -0.155. The first kappa shape index (κ1) is 32.9. The largest absolute Gasteiger partial charge is 0.460 e. The molecular formula is C29H48N4O5. The fourth-order valence-corrected chi connectivity index (χ4v) is 4.23. The Hall–Kier alpha value is -3.10. The van der Waals surface area contributed by atoms with Gasteiger partial charge in [-0.05, 0) is 62.1 Å². The van der Waals surface area contributed by atoms with Crippen molar-refractivity contribution in [1.29, 1.82) is 0 Å². The molecule has 1 unspecified atom stereocenters. The van der Waals surface area contributed by atoms with Crippen molar-refractivity contribution >= 4 is 29.5 Å². The summed E-state index contributed by atoms with van der Waals surface area (Å²) in [6.45, 7) is 16.3. The van der Waals surface area contributed by atoms with Gasteiger partial charge in [0.2, 0.25) is 11.8 Å². The Bertz CT molecular complexity index is 941. The van der Waals surface area contributed by atoms with Crippen LogP contribution in [0.15, 0.2) is 24.3 Å². The van der Waals surface area contributed by atoms with Crippen LogP contribution in [0.25, 0.3) is 0 Å². The number of nitrogens with two attached hydrogens (primary N) is 1. The van der Waals surface area contributed by atoms with E-state index in [4.69, 9.17) is 10.5 Å². The molecule has 0 aromatic heterocycles. The molecule has 0 spiro atoms. The number of esters is 1. The van der Waals surface area contributed by atoms with Crippen molar-refractivity contribution in [3.8, 4) is 0 Å². The number of rotatable bonds is 15. The molecule has 1 aromatic rings. The van der Waals surface area contributed by atoms with Crippen molar-refractivity contribution in [2.45, 2.75) is 93.7 Å². The monoisotopic (exact) mass is 532 g/mol. The molecule has 1 rings (SSSR count). The van der Waals surface area contributed by atoms with E-state index in [1.54, 1.807) is 24.3 Å². The molecule has 38 heavy (non-hydrogen) atoms. The van der Waals surface area contributed by atoms with Crippen molar-refractivity contribution in [3.05, 3.63) is 29.8 Å². The molecule has 0 heterocycles. The second-order valence-corrected chi connectivity index (χ2v) is 11.6. The van der Waals surface area contributed by atoms with Gasteiger partial charge < -0.3 is 26.4 Å². The minimum Gasteiger partial charge on any atom is -0.460 e. The molecule has 0 aliphatic rings. The quantitative estimate of drug-likeness (QED) is 0.191. The van der Waals surface area contributed by atoms with E-state index in [9.17, 15) is 19.2 Å². The molecule has 2 atom stereocenters. The first-order chi connectivity index (χ1) is 17.6. The van der Waals surface area contributed by atoms with Crippen LogP contribution in [0.2, 0.25) is 0 Å². The Morgan fingerprint density at radius 1 is 0.947 bits per heavy atom. The summed E-state index contributed by atoms with van der Waals surface area (Å²) in [5.74, 6) is -0.950. The molecule has 214 valence electrons. The van der Waals surface area contributed by atoms with Gasteiger partial charge in [0, 0.05) is 18.2 Å². The molecular weight excluding hydrogens is 484 g/mol. The second kappa shape index (κ2) is 14.7. The fraction of sp³-hybridized carbons (Fsp3) is 0.655. The van der Waals surface area contributed by atoms with Gasteiger partial charge in [-0.2, -0.15) is 0 Å². The lowest BCUT2D eigenvalue weighted by Gasteiger charge is -2.36. The second-order valence-electron chi connectivity index (χ2n) is 11.6. The van der Waals surface area contributed by atoms with Crippen LogP contribution in [0.5, 0.6) is 0 Å². The highest BCUT2D eigenvalue weighted by atomic mass is 16.5. The van der Waals surface area contributed by atoms with Gasteiger partial charge in [0.05, 0.1) is 5.41 Å². The maximum atomic E-state index is 13.3. The highest BCUT2D eigenvalue weighted by molar-refractivity contribution is 5.97. The van der Waals surface area contributed by atoms with E-state index >= 15 is 0 Å². The molecule has 0 bridgehead atoms. The fourth-order valence-electron chi connectivity index (χ4n) is 4.23. The van der Waals surface area contributed by atoms with Crippen LogP contribution in [-0.4, -0.2) is 36.4 Å². The first-order valence-corrected chi connectivity index (χ1v) is 13.5. The number of anilines is 1. The molecule has 0 aliphatic heterocycles. The van der Waals surface area contributed by atoms with Crippen LogP contribution in [-0.2, 0) is 25.7 Å². The third-order valence-electron chi connectivity index (χ3n) is 7.33. The predicted molar refractivity (Wildman–Crippen MR) is 150 cm³/mol. The van der Waals surface area contributed by atoms with Gasteiger partial charge in [-0.3, -0.25) is 14.4 Å². The van der Waals surface area contributed by atoms with Gasteiger partial charge in [0.1, 0.15) is 12.6 Å². The number of hydrogen-bond donors (Lipinski definition) is 4. The number of benzene rings is 1. The summed E-state index contributed by atoms with van der Waals surface area (Å²) in [7, 11) is 0. The minimum absolute atomic E-state index is 0.0923. The molecule has 0 saturated carbocycles. The molecule has 1 aromatic carbocycles. The van der Waals surface area contributed by atoms with E-state index in [0.717, 1.165) is 12.0 Å². The zero-order valence-corrected chi connectivity index (χ0v) is 24.4. The number of primary amides is 1. The van der Waals surface area contributed by atoms with E-state index < -0.39 is 17.5 Å². The highest BCUT2D eigenvalue weighted by Gasteiger charge is 2.37. The summed E-state index contributed by atoms with van der Waals surface area (Å²) in [5.41, 5.74) is 5.72. The van der Waals surface area contributed by atoms with E-state index in [1.165, 1.54) is 0 Å². The smallest absolute Gasteiger partial charge is 0.312 e. The number of hydrogen-bond acceptors (Lipinski definition) is 5. The van der Waals surface area contributed by atoms with Gasteiger partial charge in [-0.1, -0.05) is 60.1 Å². The van der Waals surface area contributed by atoms with Crippen molar-refractivity contribution in [3.63, 3.8) is 0 Å². The molecule has 0 saturated heterocycles. The maximum absolute atomic E-state index is 13.3. The number of nitrogens with one attached hydrogen (secondary N) is 3. The van der Waals surface area contributed by atoms with E-state index in [0.29, 0.717) is 31.5 Å². The lowest BCUT2D eigenvalue weighted by Crippen LogP contribution is -2.50. The molecule has 4 amide bonds. The van der Waals surface area contributed by atoms with Gasteiger partial charge in [-0.25, -0.2) is 4.79 Å². The summed E-state index contributed by atoms with van der Waals surface area (Å²) in [5, 5.41) is 8.34. The maximum Gasteiger partial charge on any atom is 0.312 e. The Morgan fingerprint density at radius 2 is 1.55 bits per heavy atom. The average molecular weight is 533 g/mol. The van der Waals surface area contributed by atoms with Crippen molar-refractivity contribution in [2.75, 3.05) is 11.9 Å². The normalized spacial score (nSPS) is 13.4. The molecule has 0 fully saturated rings. The molecule has 0 radical (unpaired) electrons. The summed E-state index contributed by atoms with van der Waals surface area (Å²) in [6, 6.07) is 5.61. The van der Waals surface area contributed by atoms with Gasteiger partial charge in [0.25, 0.3) is 0 Å². The molecule has 9 nitrogen and oxygen atoms in total. The van der Waals surface area contributed by atoms with E-state index in [2.05, 4.69) is 36.7 Å². The Kier molecular flexibility index (Phi) is 12.8. The predicted octanol–water partition coefficient (Wildman–Crippen LogP) is 4.75. The van der Waals surface area contributed by atoms with Crippen LogP contribution >= 0.6 is 0 Å². The highest BCUT2D eigenvalue weighted by Crippen LogP contribution is 2.36. The average Bonchev–Trinajstić information content (AvgIpc) is 2.84. The summed E-state index contributed by atoms with van der Waals surface area (Å²) < 4.78 is 5.42. The van der Waals surface area contributed by atoms with E-state index in [1.807, 2.05) is 34.6 Å². The zero-order valence-electron chi connectivity index (χ0n) is 24.4. The third kappa shape index (κ3) is 10.3. The summed E-state index contributed by atoms with van der Waals surface area (Å²) in [6.07, 6.45) is 2.29. The van der Waals surface area contributed by atoms with Gasteiger partial charge in [-0.15, -0.1) is 0 Å². The van der Waals surface area contributed by atoms with E-state index in [-0.39, 0.29) is 41.6 Å². The van der Waals surface area contributed by atoms with Crippen LogP contribution in [0.1, 0.15) is 86.6 Å². The number of carbonyl (C=O) groups excluding carboxylic acids is 4. The van der Waals surface area contributed by atoms with Crippen LogP contribution in [0.3, 0.4) is 0 Å². The van der Waals surface area contributed by atoms with Crippen molar-refractivity contribution in [1.82, 2.24) is 10.6 Å². The molecule has 5 N–H and O–H groups in total. The van der Waals surface area contributed by atoms with Crippen molar-refractivity contribution < 1.29 is 23.9 Å². The Morgan fingerprint density at radius 3 is 2.05 bits per heavy atom. The molecule has 9 heteroatoms. The number of urea groups is 1. The number of amides is 4. The van der Waals surface area contributed by atoms with Crippen molar-refractivity contribution in [2.24, 2.45) is 28.4 Å². The lowest BCUT2D eigenvalue weighted by atomic mass is 9.70. The van der Waals surface area contributed by atoms with Gasteiger partial charge in [0.15, 0.2) is 0 Å². The standard InChI is InChI=1S/C29H48N4O5/c1-9-28(5,6)23(19(3)4)25(35)33-22(12-11-17-31-27(30)37)24(34)32-21-15-13-20(14-16-21)18-38-26(36)29(7,8)10-2/h13-16,19,22-23H,9-12,17-18H2,1-8H3,(H,32,34)(H,33,35)(H3,30,31,37)/t22-,23?/m0/s1. The Balaban J connectivity index is 2.94. The van der Waals surface area contributed by atoms with Crippen LogP contribution < -0.4 is 21.7 Å². The first-order valence-electron chi connectivity index (χ1n) is 13.5. The van der Waals surface area contributed by atoms with Crippen LogP contribution in [0.4, 0.5) is 10.5 Å². The molecule has 0 aliphatic carbocycles. The summed E-state index contributed by atoms with van der Waals surface area (Å²) >= 11 is 0. The Labute approximate surface area is 228 Å². The zero-order chi connectivity index (χ0) is 29.1. The van der Waals surface area contributed by atoms with Crippen LogP contribution in [0, 0.1) is 22.7 Å². The minimum atomic E-state index is -0.789. The SMILES string of the molecule is CCC(C)(C)C(=O)OCc1ccc(NC(=O)[C@H](CCCNC(N)=O)NC(=O)C(C(C)C)C(C)(C)CC)cc1. The van der Waals surface area contributed by atoms with Gasteiger partial charge >= 0.3 is 12.0 Å².